The fraction of sp³-hybridized carbons (Fsp3) is 0.125. The van der Waals surface area contributed by atoms with E-state index in [9.17, 15) is 4.79 Å². The molecule has 0 amide bonds. The van der Waals surface area contributed by atoms with Crippen LogP contribution in [0, 0.1) is 0 Å². The first-order valence-electron chi connectivity index (χ1n) is 3.53. The van der Waals surface area contributed by atoms with Crippen LogP contribution in [0.4, 0.5) is 0 Å². The Bertz CT molecular complexity index is 360. The first-order valence-corrected chi connectivity index (χ1v) is 3.90. The number of nitrogens with zero attached hydrogens (tertiary/aromatic N) is 3. The van der Waals surface area contributed by atoms with Gasteiger partial charge in [-0.25, -0.2) is 0 Å². The van der Waals surface area contributed by atoms with Gasteiger partial charge in [-0.1, -0.05) is 28.8 Å². The first kappa shape index (κ1) is 9.58. The topological polar surface area (TPSA) is 65.8 Å². The van der Waals surface area contributed by atoms with Crippen LogP contribution in [0.25, 0.3) is 10.4 Å². The smallest absolute Gasteiger partial charge is 0.133 e. The van der Waals surface area contributed by atoms with Crippen LogP contribution in [0.15, 0.2) is 29.4 Å². The number of hydrogen-bond donors (Lipinski definition) is 0. The summed E-state index contributed by atoms with van der Waals surface area (Å²) in [6.07, 6.45) is 0.575. The number of carbonyl (C=O) groups excluding carboxylic acids is 1. The maximum Gasteiger partial charge on any atom is 0.133 e. The van der Waals surface area contributed by atoms with Gasteiger partial charge in [-0.2, -0.15) is 0 Å². The zero-order valence-electron chi connectivity index (χ0n) is 6.59. The van der Waals surface area contributed by atoms with E-state index in [0.717, 1.165) is 0 Å². The largest absolute Gasteiger partial charge is 0.303 e. The summed E-state index contributed by atoms with van der Waals surface area (Å²) in [6, 6.07) is 5.86. The summed E-state index contributed by atoms with van der Waals surface area (Å²) in [4.78, 5) is 13.1. The third-order valence-electron chi connectivity index (χ3n) is 1.50. The van der Waals surface area contributed by atoms with Crippen molar-refractivity contribution in [2.45, 2.75) is 6.04 Å². The van der Waals surface area contributed by atoms with E-state index in [0.29, 0.717) is 16.9 Å². The third-order valence-corrected chi connectivity index (χ3v) is 1.73. The van der Waals surface area contributed by atoms with Crippen molar-refractivity contribution < 1.29 is 4.79 Å². The van der Waals surface area contributed by atoms with Crippen molar-refractivity contribution in [1.82, 2.24) is 0 Å². The summed E-state index contributed by atoms with van der Waals surface area (Å²) in [7, 11) is 0. The summed E-state index contributed by atoms with van der Waals surface area (Å²) in [5.74, 6) is 0. The predicted molar refractivity (Wildman–Crippen MR) is 49.4 cm³/mol. The molecule has 0 aliphatic carbocycles. The molecule has 0 heterocycles. The molecule has 0 radical (unpaired) electrons. The van der Waals surface area contributed by atoms with Crippen LogP contribution in [-0.2, 0) is 4.79 Å². The van der Waals surface area contributed by atoms with E-state index in [1.165, 1.54) is 0 Å². The minimum Gasteiger partial charge on any atom is -0.303 e. The van der Waals surface area contributed by atoms with Crippen molar-refractivity contribution in [1.29, 1.82) is 0 Å². The van der Waals surface area contributed by atoms with Gasteiger partial charge in [-0.3, -0.25) is 0 Å². The normalized spacial score (nSPS) is 11.5. The summed E-state index contributed by atoms with van der Waals surface area (Å²) < 4.78 is 0. The summed E-state index contributed by atoms with van der Waals surface area (Å²) in [6.45, 7) is 0. The van der Waals surface area contributed by atoms with Crippen LogP contribution in [-0.4, -0.2) is 6.29 Å². The lowest BCUT2D eigenvalue weighted by atomic mass is 10.1. The molecule has 0 aliphatic heterocycles. The Kier molecular flexibility index (Phi) is 3.31. The second-order valence-electron chi connectivity index (χ2n) is 2.34. The average molecular weight is 196 g/mol. The molecule has 0 aliphatic rings. The van der Waals surface area contributed by atoms with Gasteiger partial charge >= 0.3 is 0 Å². The zero-order chi connectivity index (χ0) is 9.68. The van der Waals surface area contributed by atoms with Gasteiger partial charge in [0.2, 0.25) is 0 Å². The minimum atomic E-state index is -0.788. The lowest BCUT2D eigenvalue weighted by Gasteiger charge is -2.02. The minimum absolute atomic E-state index is 0.512. The molecule has 0 saturated carbocycles. The Morgan fingerprint density at radius 2 is 2.38 bits per heavy atom. The van der Waals surface area contributed by atoms with Crippen molar-refractivity contribution in [3.63, 3.8) is 0 Å². The van der Waals surface area contributed by atoms with Gasteiger partial charge in [-0.15, -0.1) is 0 Å². The molecule has 0 spiro atoms. The Balaban J connectivity index is 3.04. The highest BCUT2D eigenvalue weighted by Gasteiger charge is 2.07. The Hall–Kier alpha value is -1.51. The van der Waals surface area contributed by atoms with E-state index in [-0.39, 0.29) is 0 Å². The van der Waals surface area contributed by atoms with Gasteiger partial charge in [0.05, 0.1) is 0 Å². The standard InChI is InChI=1S/C8H6ClN3O/c9-7-3-1-2-6(4-7)8(5-13)11-12-10/h1-5,8H. The molecule has 5 heteroatoms. The van der Waals surface area contributed by atoms with E-state index in [2.05, 4.69) is 10.0 Å². The molecule has 4 nitrogen and oxygen atoms in total. The molecule has 0 N–H and O–H groups in total. The number of benzene rings is 1. The van der Waals surface area contributed by atoms with Crippen LogP contribution in [0.1, 0.15) is 11.6 Å². The highest BCUT2D eigenvalue weighted by atomic mass is 35.5. The van der Waals surface area contributed by atoms with Gasteiger partial charge < -0.3 is 4.79 Å². The van der Waals surface area contributed by atoms with Crippen molar-refractivity contribution in [2.24, 2.45) is 5.11 Å². The Labute approximate surface area is 79.8 Å². The second-order valence-corrected chi connectivity index (χ2v) is 2.78. The molecule has 0 saturated heterocycles. The molecule has 1 unspecified atom stereocenters. The van der Waals surface area contributed by atoms with Crippen LogP contribution in [0.3, 0.4) is 0 Å². The molecule has 0 aromatic heterocycles. The number of rotatable bonds is 3. The quantitative estimate of drug-likeness (QED) is 0.317. The van der Waals surface area contributed by atoms with E-state index in [4.69, 9.17) is 17.1 Å². The lowest BCUT2D eigenvalue weighted by Crippen LogP contribution is -1.94. The molecule has 1 atom stereocenters. The first-order chi connectivity index (χ1) is 6.27. The Morgan fingerprint density at radius 1 is 1.62 bits per heavy atom. The van der Waals surface area contributed by atoms with Crippen LogP contribution >= 0.6 is 11.6 Å². The molecule has 13 heavy (non-hydrogen) atoms. The summed E-state index contributed by atoms with van der Waals surface area (Å²) in [5, 5.41) is 3.82. The fourth-order valence-electron chi connectivity index (χ4n) is 0.919. The van der Waals surface area contributed by atoms with E-state index in [1.54, 1.807) is 24.3 Å². The Morgan fingerprint density at radius 3 is 2.92 bits per heavy atom. The van der Waals surface area contributed by atoms with Gasteiger partial charge in [-0.05, 0) is 23.2 Å². The fourth-order valence-corrected chi connectivity index (χ4v) is 1.12. The van der Waals surface area contributed by atoms with Crippen molar-refractivity contribution >= 4 is 17.9 Å². The van der Waals surface area contributed by atoms with Gasteiger partial charge in [0.25, 0.3) is 0 Å². The molecule has 0 fully saturated rings. The van der Waals surface area contributed by atoms with Crippen molar-refractivity contribution in [3.05, 3.63) is 45.3 Å². The zero-order valence-corrected chi connectivity index (χ0v) is 7.35. The number of azide groups is 1. The second kappa shape index (κ2) is 4.50. The van der Waals surface area contributed by atoms with Crippen molar-refractivity contribution in [2.75, 3.05) is 0 Å². The molecule has 1 aromatic carbocycles. The number of hydrogen-bond acceptors (Lipinski definition) is 2. The van der Waals surface area contributed by atoms with Gasteiger partial charge in [0.1, 0.15) is 12.3 Å². The number of aldehydes is 1. The predicted octanol–water partition coefficient (Wildman–Crippen LogP) is 2.89. The number of carbonyl (C=O) groups is 1. The van der Waals surface area contributed by atoms with E-state index >= 15 is 0 Å². The maximum absolute atomic E-state index is 10.5. The highest BCUT2D eigenvalue weighted by Crippen LogP contribution is 2.19. The summed E-state index contributed by atoms with van der Waals surface area (Å²) >= 11 is 5.70. The van der Waals surface area contributed by atoms with Gasteiger partial charge in [0, 0.05) is 9.93 Å². The third kappa shape index (κ3) is 2.47. The SMILES string of the molecule is [N-]=[N+]=NC(C=O)c1cccc(Cl)c1. The summed E-state index contributed by atoms with van der Waals surface area (Å²) in [5.41, 5.74) is 8.76. The monoisotopic (exact) mass is 195 g/mol. The molecular weight excluding hydrogens is 190 g/mol. The molecular formula is C8H6ClN3O. The van der Waals surface area contributed by atoms with E-state index in [1.807, 2.05) is 0 Å². The average Bonchev–Trinajstić information content (AvgIpc) is 2.14. The van der Waals surface area contributed by atoms with Crippen molar-refractivity contribution in [3.8, 4) is 0 Å². The highest BCUT2D eigenvalue weighted by molar-refractivity contribution is 6.30. The molecule has 0 bridgehead atoms. The molecule has 66 valence electrons. The van der Waals surface area contributed by atoms with Gasteiger partial charge in [0.15, 0.2) is 0 Å². The van der Waals surface area contributed by atoms with Crippen LogP contribution in [0.5, 0.6) is 0 Å². The van der Waals surface area contributed by atoms with Crippen LogP contribution in [0.2, 0.25) is 5.02 Å². The van der Waals surface area contributed by atoms with Crippen LogP contribution < -0.4 is 0 Å². The van der Waals surface area contributed by atoms with E-state index < -0.39 is 6.04 Å². The maximum atomic E-state index is 10.5. The molecule has 1 aromatic rings. The lowest BCUT2D eigenvalue weighted by molar-refractivity contribution is -0.108. The molecule has 1 rings (SSSR count). The number of halogens is 1.